The number of H-pyrrole nitrogens is 1. The lowest BCUT2D eigenvalue weighted by Crippen LogP contribution is -2.32. The van der Waals surface area contributed by atoms with Crippen LogP contribution in [0.3, 0.4) is 0 Å². The van der Waals surface area contributed by atoms with Crippen molar-refractivity contribution in [1.29, 1.82) is 0 Å². The third-order valence-electron chi connectivity index (χ3n) is 4.61. The van der Waals surface area contributed by atoms with Crippen molar-refractivity contribution in [3.63, 3.8) is 0 Å². The first-order valence-corrected chi connectivity index (χ1v) is 8.97. The molecule has 0 saturated heterocycles. The molecule has 0 unspecified atom stereocenters. The zero-order chi connectivity index (χ0) is 17.3. The largest absolute Gasteiger partial charge is 0.350 e. The summed E-state index contributed by atoms with van der Waals surface area (Å²) in [6.07, 6.45) is 3.91. The Balaban J connectivity index is 1.43. The number of benzene rings is 1. The summed E-state index contributed by atoms with van der Waals surface area (Å²) in [5.41, 5.74) is 3.23. The van der Waals surface area contributed by atoms with Crippen molar-refractivity contribution in [2.45, 2.75) is 18.3 Å². The van der Waals surface area contributed by atoms with Crippen molar-refractivity contribution in [2.24, 2.45) is 0 Å². The molecule has 1 fully saturated rings. The van der Waals surface area contributed by atoms with Gasteiger partial charge in [0.15, 0.2) is 0 Å². The Hall–Kier alpha value is -2.47. The topological polar surface area (TPSA) is 70.7 Å². The van der Waals surface area contributed by atoms with Gasteiger partial charge in [-0.15, -0.1) is 0 Å². The van der Waals surface area contributed by atoms with Crippen molar-refractivity contribution in [1.82, 2.24) is 20.5 Å². The fraction of sp³-hybridized carbons (Fsp3) is 0.211. The fourth-order valence-electron chi connectivity index (χ4n) is 2.90. The van der Waals surface area contributed by atoms with Crippen LogP contribution in [0.15, 0.2) is 59.2 Å². The molecule has 1 amide bonds. The van der Waals surface area contributed by atoms with E-state index >= 15 is 0 Å². The predicted molar refractivity (Wildman–Crippen MR) is 99.2 cm³/mol. The van der Waals surface area contributed by atoms with Gasteiger partial charge in [0, 0.05) is 33.9 Å². The van der Waals surface area contributed by atoms with Gasteiger partial charge in [-0.05, 0) is 43.2 Å². The molecule has 126 valence electrons. The van der Waals surface area contributed by atoms with E-state index in [1.165, 1.54) is 0 Å². The van der Waals surface area contributed by atoms with Gasteiger partial charge in [0.25, 0.3) is 5.91 Å². The molecule has 2 aromatic heterocycles. The molecule has 25 heavy (non-hydrogen) atoms. The number of amides is 1. The third-order valence-corrected chi connectivity index (χ3v) is 5.14. The maximum Gasteiger partial charge on any atom is 0.269 e. The van der Waals surface area contributed by atoms with E-state index in [0.29, 0.717) is 12.2 Å². The van der Waals surface area contributed by atoms with Gasteiger partial charge in [0.05, 0.1) is 5.69 Å². The van der Waals surface area contributed by atoms with Crippen LogP contribution < -0.4 is 5.32 Å². The number of carbonyl (C=O) groups is 1. The SMILES string of the molecule is O=C(NCC1(c2ccccn2)CC1)c1cc(-c2ccc(Br)cc2)n[nH]1. The first-order valence-electron chi connectivity index (χ1n) is 8.17. The van der Waals surface area contributed by atoms with Crippen LogP contribution in [0, 0.1) is 0 Å². The third kappa shape index (κ3) is 3.35. The standard InChI is InChI=1S/C19H17BrN4O/c20-14-6-4-13(5-7-14)15-11-16(24-23-15)18(25)22-12-19(8-9-19)17-3-1-2-10-21-17/h1-7,10-11H,8-9,12H2,(H,22,25)(H,23,24). The number of rotatable bonds is 5. The van der Waals surface area contributed by atoms with Crippen LogP contribution in [0.5, 0.6) is 0 Å². The van der Waals surface area contributed by atoms with Crippen LogP contribution in [-0.2, 0) is 5.41 Å². The minimum atomic E-state index is -0.141. The van der Waals surface area contributed by atoms with Crippen molar-refractivity contribution in [3.05, 3.63) is 70.6 Å². The molecule has 0 radical (unpaired) electrons. The second-order valence-electron chi connectivity index (χ2n) is 6.35. The molecule has 0 spiro atoms. The van der Waals surface area contributed by atoms with Gasteiger partial charge in [0.1, 0.15) is 5.69 Å². The van der Waals surface area contributed by atoms with Gasteiger partial charge in [-0.1, -0.05) is 34.1 Å². The van der Waals surface area contributed by atoms with Crippen LogP contribution in [0.25, 0.3) is 11.3 Å². The number of hydrogen-bond acceptors (Lipinski definition) is 3. The zero-order valence-electron chi connectivity index (χ0n) is 13.5. The Morgan fingerprint density at radius 2 is 2.00 bits per heavy atom. The molecule has 4 rings (SSSR count). The maximum atomic E-state index is 12.4. The smallest absolute Gasteiger partial charge is 0.269 e. The van der Waals surface area contributed by atoms with E-state index < -0.39 is 0 Å². The van der Waals surface area contributed by atoms with Crippen LogP contribution >= 0.6 is 15.9 Å². The first kappa shape index (κ1) is 16.0. The summed E-state index contributed by atoms with van der Waals surface area (Å²) in [7, 11) is 0. The van der Waals surface area contributed by atoms with Gasteiger partial charge in [-0.3, -0.25) is 14.9 Å². The van der Waals surface area contributed by atoms with Gasteiger partial charge < -0.3 is 5.32 Å². The minimum Gasteiger partial charge on any atom is -0.350 e. The van der Waals surface area contributed by atoms with E-state index in [0.717, 1.165) is 34.3 Å². The molecule has 2 N–H and O–H groups in total. The molecule has 5 nitrogen and oxygen atoms in total. The van der Waals surface area contributed by atoms with Crippen molar-refractivity contribution < 1.29 is 4.79 Å². The molecule has 0 aliphatic heterocycles. The monoisotopic (exact) mass is 396 g/mol. The van der Waals surface area contributed by atoms with E-state index in [4.69, 9.17) is 0 Å². The molecular weight excluding hydrogens is 380 g/mol. The molecule has 1 saturated carbocycles. The summed E-state index contributed by atoms with van der Waals surface area (Å²) in [6.45, 7) is 0.593. The lowest BCUT2D eigenvalue weighted by molar-refractivity contribution is 0.0944. The molecule has 1 aliphatic carbocycles. The first-order chi connectivity index (χ1) is 12.2. The Bertz CT molecular complexity index is 885. The van der Waals surface area contributed by atoms with Crippen molar-refractivity contribution in [2.75, 3.05) is 6.54 Å². The van der Waals surface area contributed by atoms with Crippen LogP contribution in [-0.4, -0.2) is 27.6 Å². The summed E-state index contributed by atoms with van der Waals surface area (Å²) in [5, 5.41) is 10.1. The number of halogens is 1. The Morgan fingerprint density at radius 1 is 1.20 bits per heavy atom. The Morgan fingerprint density at radius 3 is 2.68 bits per heavy atom. The summed E-state index contributed by atoms with van der Waals surface area (Å²) >= 11 is 3.41. The van der Waals surface area contributed by atoms with Crippen molar-refractivity contribution >= 4 is 21.8 Å². The Labute approximate surface area is 154 Å². The normalized spacial score (nSPS) is 14.9. The lowest BCUT2D eigenvalue weighted by Gasteiger charge is -2.14. The highest BCUT2D eigenvalue weighted by molar-refractivity contribution is 9.10. The summed E-state index contributed by atoms with van der Waals surface area (Å²) in [5.74, 6) is -0.141. The zero-order valence-corrected chi connectivity index (χ0v) is 15.1. The summed E-state index contributed by atoms with van der Waals surface area (Å²) < 4.78 is 1.01. The van der Waals surface area contributed by atoms with Gasteiger partial charge in [0.2, 0.25) is 0 Å². The van der Waals surface area contributed by atoms with Gasteiger partial charge in [-0.25, -0.2) is 0 Å². The average molecular weight is 397 g/mol. The summed E-state index contributed by atoms with van der Waals surface area (Å²) in [4.78, 5) is 16.9. The average Bonchev–Trinajstić information content (AvgIpc) is 3.29. The van der Waals surface area contributed by atoms with Gasteiger partial charge in [-0.2, -0.15) is 5.10 Å². The van der Waals surface area contributed by atoms with Crippen LogP contribution in [0.1, 0.15) is 29.0 Å². The molecule has 3 aromatic rings. The van der Waals surface area contributed by atoms with E-state index in [-0.39, 0.29) is 11.3 Å². The number of pyridine rings is 1. The maximum absolute atomic E-state index is 12.4. The predicted octanol–water partition coefficient (Wildman–Crippen LogP) is 3.70. The molecule has 0 bridgehead atoms. The number of aromatic nitrogens is 3. The second kappa shape index (κ2) is 6.44. The van der Waals surface area contributed by atoms with E-state index in [2.05, 4.69) is 36.4 Å². The molecule has 1 aliphatic rings. The molecular formula is C19H17BrN4O. The lowest BCUT2D eigenvalue weighted by atomic mass is 10.0. The minimum absolute atomic E-state index is 0.00845. The number of nitrogens with zero attached hydrogens (tertiary/aromatic N) is 2. The Kier molecular flexibility index (Phi) is 4.13. The molecule has 1 aromatic carbocycles. The number of carbonyl (C=O) groups excluding carboxylic acids is 1. The van der Waals surface area contributed by atoms with E-state index in [1.54, 1.807) is 12.3 Å². The molecule has 0 atom stereocenters. The van der Waals surface area contributed by atoms with Crippen molar-refractivity contribution in [3.8, 4) is 11.3 Å². The quantitative estimate of drug-likeness (QED) is 0.690. The number of aromatic amines is 1. The van der Waals surface area contributed by atoms with E-state index in [1.807, 2.05) is 42.5 Å². The number of hydrogen-bond donors (Lipinski definition) is 2. The van der Waals surface area contributed by atoms with Crippen LogP contribution in [0.2, 0.25) is 0 Å². The molecule has 2 heterocycles. The van der Waals surface area contributed by atoms with Gasteiger partial charge >= 0.3 is 0 Å². The number of nitrogens with one attached hydrogen (secondary N) is 2. The highest BCUT2D eigenvalue weighted by Crippen LogP contribution is 2.46. The molecule has 6 heteroatoms. The highest BCUT2D eigenvalue weighted by atomic mass is 79.9. The summed E-state index contributed by atoms with van der Waals surface area (Å²) in [6, 6.07) is 15.5. The second-order valence-corrected chi connectivity index (χ2v) is 7.27. The highest BCUT2D eigenvalue weighted by Gasteiger charge is 2.45. The fourth-order valence-corrected chi connectivity index (χ4v) is 3.17. The van der Waals surface area contributed by atoms with E-state index in [9.17, 15) is 4.79 Å². The van der Waals surface area contributed by atoms with Crippen LogP contribution in [0.4, 0.5) is 0 Å².